The van der Waals surface area contributed by atoms with E-state index >= 15 is 0 Å². The van der Waals surface area contributed by atoms with Gasteiger partial charge in [-0.25, -0.2) is 8.78 Å². The Labute approximate surface area is 104 Å². The Bertz CT molecular complexity index is 563. The van der Waals surface area contributed by atoms with Gasteiger partial charge in [0.25, 0.3) is 0 Å². The maximum absolute atomic E-state index is 13.3. The lowest BCUT2D eigenvalue weighted by Gasteiger charge is -2.01. The molecule has 1 N–H and O–H groups in total. The van der Waals surface area contributed by atoms with Gasteiger partial charge in [-0.2, -0.15) is 5.10 Å². The fourth-order valence-corrected chi connectivity index (χ4v) is 1.41. The lowest BCUT2D eigenvalue weighted by molar-refractivity contribution is 0.585. The average Bonchev–Trinajstić information content (AvgIpc) is 2.34. The highest BCUT2D eigenvalue weighted by atomic mass is 19.1. The molecular formula is C14H12F2N2. The number of anilines is 1. The van der Waals surface area contributed by atoms with Crippen molar-refractivity contribution in [1.82, 2.24) is 0 Å². The molecule has 0 fully saturated rings. The Morgan fingerprint density at radius 1 is 1.06 bits per heavy atom. The van der Waals surface area contributed by atoms with Gasteiger partial charge in [0.1, 0.15) is 5.82 Å². The molecule has 0 aliphatic heterocycles. The number of nitrogens with zero attached hydrogens (tertiary/aromatic N) is 1. The minimum absolute atomic E-state index is 0.139. The summed E-state index contributed by atoms with van der Waals surface area (Å²) < 4.78 is 25.9. The van der Waals surface area contributed by atoms with E-state index in [0.717, 1.165) is 17.2 Å². The van der Waals surface area contributed by atoms with Crippen molar-refractivity contribution in [3.8, 4) is 0 Å². The van der Waals surface area contributed by atoms with Crippen LogP contribution in [-0.4, -0.2) is 6.21 Å². The SMILES string of the molecule is Cc1ccc(C=NNc2ccc(F)cc2F)cc1. The quantitative estimate of drug-likeness (QED) is 0.647. The van der Waals surface area contributed by atoms with Crippen LogP contribution in [-0.2, 0) is 0 Å². The standard InChI is InChI=1S/C14H12F2N2/c1-10-2-4-11(5-3-10)9-17-18-14-7-6-12(15)8-13(14)16/h2-9,18H,1H3. The number of hydrazone groups is 1. The number of benzene rings is 2. The van der Waals surface area contributed by atoms with Crippen molar-refractivity contribution in [2.45, 2.75) is 6.92 Å². The molecule has 0 amide bonds. The van der Waals surface area contributed by atoms with Crippen LogP contribution in [0.2, 0.25) is 0 Å². The molecule has 0 aliphatic rings. The van der Waals surface area contributed by atoms with E-state index in [1.54, 1.807) is 6.21 Å². The summed E-state index contributed by atoms with van der Waals surface area (Å²) in [4.78, 5) is 0. The van der Waals surface area contributed by atoms with Gasteiger partial charge in [-0.3, -0.25) is 5.43 Å². The Morgan fingerprint density at radius 3 is 2.44 bits per heavy atom. The maximum Gasteiger partial charge on any atom is 0.151 e. The second-order valence-electron chi connectivity index (χ2n) is 3.90. The van der Waals surface area contributed by atoms with E-state index in [1.807, 2.05) is 31.2 Å². The third-order valence-electron chi connectivity index (χ3n) is 2.41. The molecule has 0 atom stereocenters. The van der Waals surface area contributed by atoms with Crippen molar-refractivity contribution >= 4 is 11.9 Å². The summed E-state index contributed by atoms with van der Waals surface area (Å²) in [5.41, 5.74) is 4.73. The molecule has 0 aromatic heterocycles. The highest BCUT2D eigenvalue weighted by Gasteiger charge is 2.01. The summed E-state index contributed by atoms with van der Waals surface area (Å²) in [6.45, 7) is 1.99. The van der Waals surface area contributed by atoms with Crippen molar-refractivity contribution < 1.29 is 8.78 Å². The maximum atomic E-state index is 13.3. The zero-order valence-electron chi connectivity index (χ0n) is 9.82. The number of halogens is 2. The first-order valence-electron chi connectivity index (χ1n) is 5.46. The smallest absolute Gasteiger partial charge is 0.151 e. The third kappa shape index (κ3) is 3.13. The van der Waals surface area contributed by atoms with Gasteiger partial charge in [0.2, 0.25) is 0 Å². The molecule has 2 aromatic rings. The van der Waals surface area contributed by atoms with Crippen LogP contribution in [0.25, 0.3) is 0 Å². The zero-order chi connectivity index (χ0) is 13.0. The summed E-state index contributed by atoms with van der Waals surface area (Å²) in [5, 5.41) is 3.89. The van der Waals surface area contributed by atoms with E-state index in [4.69, 9.17) is 0 Å². The van der Waals surface area contributed by atoms with E-state index in [2.05, 4.69) is 10.5 Å². The number of hydrogen-bond acceptors (Lipinski definition) is 2. The van der Waals surface area contributed by atoms with Crippen LogP contribution >= 0.6 is 0 Å². The minimum atomic E-state index is -0.670. The molecule has 4 heteroatoms. The van der Waals surface area contributed by atoms with E-state index in [1.165, 1.54) is 12.1 Å². The van der Waals surface area contributed by atoms with Crippen molar-refractivity contribution in [2.24, 2.45) is 5.10 Å². The lowest BCUT2D eigenvalue weighted by Crippen LogP contribution is -1.94. The molecule has 0 saturated heterocycles. The predicted molar refractivity (Wildman–Crippen MR) is 68.8 cm³/mol. The van der Waals surface area contributed by atoms with E-state index < -0.39 is 11.6 Å². The molecule has 0 radical (unpaired) electrons. The van der Waals surface area contributed by atoms with E-state index in [0.29, 0.717) is 0 Å². The average molecular weight is 246 g/mol. The Balaban J connectivity index is 2.05. The van der Waals surface area contributed by atoms with Crippen LogP contribution in [0.15, 0.2) is 47.6 Å². The Hall–Kier alpha value is -2.23. The van der Waals surface area contributed by atoms with Crippen LogP contribution in [0.5, 0.6) is 0 Å². The fourth-order valence-electron chi connectivity index (χ4n) is 1.41. The molecule has 0 bridgehead atoms. The first-order valence-corrected chi connectivity index (χ1v) is 5.46. The van der Waals surface area contributed by atoms with Crippen molar-refractivity contribution in [2.75, 3.05) is 5.43 Å². The molecule has 92 valence electrons. The summed E-state index contributed by atoms with van der Waals surface area (Å²) in [6, 6.07) is 11.0. The van der Waals surface area contributed by atoms with Crippen molar-refractivity contribution in [3.63, 3.8) is 0 Å². The van der Waals surface area contributed by atoms with Crippen LogP contribution in [0.3, 0.4) is 0 Å². The first-order chi connectivity index (χ1) is 8.65. The molecule has 0 aliphatic carbocycles. The van der Waals surface area contributed by atoms with Crippen molar-refractivity contribution in [1.29, 1.82) is 0 Å². The summed E-state index contributed by atoms with van der Waals surface area (Å²) >= 11 is 0. The Morgan fingerprint density at radius 2 is 1.78 bits per heavy atom. The van der Waals surface area contributed by atoms with Gasteiger partial charge in [-0.05, 0) is 24.6 Å². The van der Waals surface area contributed by atoms with Crippen molar-refractivity contribution in [3.05, 3.63) is 65.2 Å². The number of nitrogens with one attached hydrogen (secondary N) is 1. The normalized spacial score (nSPS) is 10.8. The summed E-state index contributed by atoms with van der Waals surface area (Å²) in [6.07, 6.45) is 1.57. The second kappa shape index (κ2) is 5.40. The van der Waals surface area contributed by atoms with Gasteiger partial charge in [-0.15, -0.1) is 0 Å². The molecule has 0 unspecified atom stereocenters. The number of aryl methyl sites for hydroxylation is 1. The molecule has 18 heavy (non-hydrogen) atoms. The molecular weight excluding hydrogens is 234 g/mol. The highest BCUT2D eigenvalue weighted by Crippen LogP contribution is 2.14. The molecule has 0 saturated carbocycles. The molecule has 2 aromatic carbocycles. The van der Waals surface area contributed by atoms with Gasteiger partial charge in [0.05, 0.1) is 11.9 Å². The minimum Gasteiger partial charge on any atom is -0.276 e. The van der Waals surface area contributed by atoms with E-state index in [-0.39, 0.29) is 5.69 Å². The fraction of sp³-hybridized carbons (Fsp3) is 0.0714. The van der Waals surface area contributed by atoms with Gasteiger partial charge < -0.3 is 0 Å². The van der Waals surface area contributed by atoms with Gasteiger partial charge in [0.15, 0.2) is 5.82 Å². The third-order valence-corrected chi connectivity index (χ3v) is 2.41. The summed E-state index contributed by atoms with van der Waals surface area (Å²) in [7, 11) is 0. The van der Waals surface area contributed by atoms with Gasteiger partial charge in [-0.1, -0.05) is 29.8 Å². The van der Waals surface area contributed by atoms with Gasteiger partial charge >= 0.3 is 0 Å². The molecule has 2 rings (SSSR count). The first kappa shape index (κ1) is 12.2. The van der Waals surface area contributed by atoms with Crippen LogP contribution in [0.4, 0.5) is 14.5 Å². The second-order valence-corrected chi connectivity index (χ2v) is 3.90. The van der Waals surface area contributed by atoms with E-state index in [9.17, 15) is 8.78 Å². The van der Waals surface area contributed by atoms with Crippen LogP contribution < -0.4 is 5.43 Å². The topological polar surface area (TPSA) is 24.4 Å². The number of hydrogen-bond donors (Lipinski definition) is 1. The largest absolute Gasteiger partial charge is 0.276 e. The van der Waals surface area contributed by atoms with Crippen LogP contribution in [0, 0.1) is 18.6 Å². The predicted octanol–water partition coefficient (Wildman–Crippen LogP) is 3.72. The number of rotatable bonds is 3. The zero-order valence-corrected chi connectivity index (χ0v) is 9.82. The highest BCUT2D eigenvalue weighted by molar-refractivity contribution is 5.80. The van der Waals surface area contributed by atoms with Gasteiger partial charge in [0, 0.05) is 6.07 Å². The molecule has 0 heterocycles. The molecule has 0 spiro atoms. The monoisotopic (exact) mass is 246 g/mol. The Kier molecular flexibility index (Phi) is 3.67. The lowest BCUT2D eigenvalue weighted by atomic mass is 10.2. The summed E-state index contributed by atoms with van der Waals surface area (Å²) in [5.74, 6) is -1.28. The van der Waals surface area contributed by atoms with Crippen LogP contribution in [0.1, 0.15) is 11.1 Å². The molecule has 2 nitrogen and oxygen atoms in total.